The van der Waals surface area contributed by atoms with Gasteiger partial charge >= 0.3 is 5.97 Å². The van der Waals surface area contributed by atoms with E-state index in [9.17, 15) is 20.0 Å². The molecule has 0 atom stereocenters. The lowest BCUT2D eigenvalue weighted by atomic mass is 10.0. The number of benzene rings is 3. The maximum Gasteiger partial charge on any atom is 0.336 e. The quantitative estimate of drug-likeness (QED) is 0.192. The van der Waals surface area contributed by atoms with E-state index in [1.165, 1.54) is 44.6 Å². The van der Waals surface area contributed by atoms with Crippen LogP contribution in [0.5, 0.6) is 23.0 Å². The lowest BCUT2D eigenvalue weighted by Gasteiger charge is -2.09. The van der Waals surface area contributed by atoms with E-state index in [2.05, 4.69) is 0 Å². The molecule has 0 radical (unpaired) electrons. The van der Waals surface area contributed by atoms with Crippen LogP contribution in [0.4, 0.5) is 5.69 Å². The van der Waals surface area contributed by atoms with Crippen LogP contribution >= 0.6 is 0 Å². The minimum Gasteiger partial charge on any atom is -0.497 e. The number of carbonyl (C=O) groups is 1. The topological polar surface area (TPSA) is 108 Å². The Hall–Kier alpha value is -4.33. The van der Waals surface area contributed by atoms with E-state index in [0.717, 1.165) is 0 Å². The average molecular weight is 451 g/mol. The predicted octanol–water partition coefficient (Wildman–Crippen LogP) is 6.06. The molecule has 0 aliphatic carbocycles. The number of nitro benzene ring substituents is 1. The van der Waals surface area contributed by atoms with Crippen LogP contribution in [-0.4, -0.2) is 30.2 Å². The van der Waals surface area contributed by atoms with Crippen molar-refractivity contribution in [2.45, 2.75) is 13.8 Å². The summed E-state index contributed by atoms with van der Waals surface area (Å²) in [5, 5.41) is 20.4. The summed E-state index contributed by atoms with van der Waals surface area (Å²) in [6.07, 6.45) is 1.53. The second-order valence-electron chi connectivity index (χ2n) is 6.39. The van der Waals surface area contributed by atoms with Gasteiger partial charge in [-0.3, -0.25) is 10.1 Å². The van der Waals surface area contributed by atoms with Crippen LogP contribution < -0.4 is 14.2 Å². The molecule has 0 saturated carbocycles. The molecule has 0 aromatic heterocycles. The first-order valence-corrected chi connectivity index (χ1v) is 10.1. The Balaban J connectivity index is 0.00000187. The fourth-order valence-corrected chi connectivity index (χ4v) is 2.82. The molecule has 0 spiro atoms. The number of methoxy groups -OCH3 is 2. The second kappa shape index (κ2) is 11.9. The highest BCUT2D eigenvalue weighted by Gasteiger charge is 2.12. The molecule has 0 aliphatic heterocycles. The maximum absolute atomic E-state index is 11.9. The van der Waals surface area contributed by atoms with Gasteiger partial charge in [-0.2, -0.15) is 0 Å². The van der Waals surface area contributed by atoms with E-state index in [0.29, 0.717) is 34.1 Å². The van der Waals surface area contributed by atoms with Crippen LogP contribution in [-0.2, 0) is 4.79 Å². The van der Waals surface area contributed by atoms with Crippen molar-refractivity contribution in [3.05, 3.63) is 88.0 Å². The Morgan fingerprint density at radius 3 is 1.76 bits per heavy atom. The summed E-state index contributed by atoms with van der Waals surface area (Å²) in [4.78, 5) is 22.1. The van der Waals surface area contributed by atoms with Gasteiger partial charge in [0.05, 0.1) is 24.7 Å². The van der Waals surface area contributed by atoms with Crippen molar-refractivity contribution in [2.24, 2.45) is 0 Å². The van der Waals surface area contributed by atoms with Gasteiger partial charge in [0, 0.05) is 18.2 Å². The third-order valence-electron chi connectivity index (χ3n) is 4.36. The molecule has 0 unspecified atom stereocenters. The van der Waals surface area contributed by atoms with Crippen LogP contribution in [0.2, 0.25) is 0 Å². The monoisotopic (exact) mass is 451 g/mol. The molecule has 0 aliphatic rings. The van der Waals surface area contributed by atoms with Crippen LogP contribution in [0.25, 0.3) is 11.6 Å². The van der Waals surface area contributed by atoms with Gasteiger partial charge in [-0.25, -0.2) is 4.79 Å². The zero-order chi connectivity index (χ0) is 24.4. The van der Waals surface area contributed by atoms with Crippen molar-refractivity contribution in [3.63, 3.8) is 0 Å². The number of hydrogen-bond acceptors (Lipinski definition) is 6. The summed E-state index contributed by atoms with van der Waals surface area (Å²) < 4.78 is 16.1. The highest BCUT2D eigenvalue weighted by atomic mass is 16.6. The summed E-state index contributed by atoms with van der Waals surface area (Å²) >= 11 is 0. The molecule has 8 nitrogen and oxygen atoms in total. The van der Waals surface area contributed by atoms with Crippen molar-refractivity contribution in [1.29, 1.82) is 0 Å². The molecule has 172 valence electrons. The van der Waals surface area contributed by atoms with Gasteiger partial charge in [0.15, 0.2) is 0 Å². The number of aliphatic carboxylic acids is 1. The lowest BCUT2D eigenvalue weighted by Crippen LogP contribution is -2.00. The predicted molar refractivity (Wildman–Crippen MR) is 126 cm³/mol. The third kappa shape index (κ3) is 6.83. The van der Waals surface area contributed by atoms with Gasteiger partial charge < -0.3 is 19.3 Å². The summed E-state index contributed by atoms with van der Waals surface area (Å²) in [5.74, 6) is 0.886. The highest BCUT2D eigenvalue weighted by molar-refractivity contribution is 6.20. The Kier molecular flexibility index (Phi) is 8.99. The first-order chi connectivity index (χ1) is 15.9. The Morgan fingerprint density at radius 2 is 1.33 bits per heavy atom. The second-order valence-corrected chi connectivity index (χ2v) is 6.39. The van der Waals surface area contributed by atoms with E-state index in [-0.39, 0.29) is 11.3 Å². The van der Waals surface area contributed by atoms with Gasteiger partial charge in [0.25, 0.3) is 5.69 Å². The van der Waals surface area contributed by atoms with Gasteiger partial charge in [-0.15, -0.1) is 0 Å². The average Bonchev–Trinajstić information content (AvgIpc) is 2.84. The summed E-state index contributed by atoms with van der Waals surface area (Å²) in [6, 6.07) is 17.3. The van der Waals surface area contributed by atoms with E-state index in [1.54, 1.807) is 42.5 Å². The van der Waals surface area contributed by atoms with Crippen molar-refractivity contribution < 1.29 is 29.0 Å². The molecule has 1 N–H and O–H groups in total. The first-order valence-electron chi connectivity index (χ1n) is 10.1. The fourth-order valence-electron chi connectivity index (χ4n) is 2.82. The van der Waals surface area contributed by atoms with E-state index < -0.39 is 10.9 Å². The van der Waals surface area contributed by atoms with E-state index >= 15 is 0 Å². The summed E-state index contributed by atoms with van der Waals surface area (Å²) in [5.41, 5.74) is 1.13. The smallest absolute Gasteiger partial charge is 0.336 e. The fraction of sp³-hybridized carbons (Fsp3) is 0.160. The molecular formula is C25H25NO7. The normalized spacial score (nSPS) is 10.5. The number of nitro groups is 1. The number of carboxylic acid groups (broad SMARTS) is 1. The Bertz CT molecular complexity index is 1100. The van der Waals surface area contributed by atoms with Crippen molar-refractivity contribution in [1.82, 2.24) is 0 Å². The zero-order valence-electron chi connectivity index (χ0n) is 18.8. The molecule has 0 fully saturated rings. The molecule has 3 aromatic carbocycles. The van der Waals surface area contributed by atoms with Crippen molar-refractivity contribution in [2.75, 3.05) is 14.2 Å². The standard InChI is InChI=1S/C23H19NO7.C2H6/c1-29-20-11-15(12-21(14-20)30-2)13-22(23(25)26)16-3-7-18(8-4-16)31-19-9-5-17(6-10-19)24(27)28;1-2/h3-14H,1-2H3,(H,25,26);1-2H3/b22-13+;. The van der Waals surface area contributed by atoms with E-state index in [4.69, 9.17) is 14.2 Å². The summed E-state index contributed by atoms with van der Waals surface area (Å²) in [7, 11) is 3.04. The number of nitrogens with zero attached hydrogens (tertiary/aromatic N) is 1. The summed E-state index contributed by atoms with van der Waals surface area (Å²) in [6.45, 7) is 4.00. The minimum absolute atomic E-state index is 0.0342. The van der Waals surface area contributed by atoms with Crippen LogP contribution in [0.15, 0.2) is 66.7 Å². The molecule has 33 heavy (non-hydrogen) atoms. The molecular weight excluding hydrogens is 426 g/mol. The van der Waals surface area contributed by atoms with Gasteiger partial charge in [0.2, 0.25) is 0 Å². The SMILES string of the molecule is CC.COc1cc(/C=C(/C(=O)O)c2ccc(Oc3ccc([N+](=O)[O-])cc3)cc2)cc(OC)c1. The van der Waals surface area contributed by atoms with Gasteiger partial charge in [-0.1, -0.05) is 26.0 Å². The van der Waals surface area contributed by atoms with E-state index in [1.807, 2.05) is 13.8 Å². The van der Waals surface area contributed by atoms with Gasteiger partial charge in [0.1, 0.15) is 23.0 Å². The Labute approximate surface area is 191 Å². The molecule has 0 bridgehead atoms. The number of non-ortho nitro benzene ring substituents is 1. The van der Waals surface area contributed by atoms with Crippen molar-refractivity contribution >= 4 is 23.3 Å². The van der Waals surface area contributed by atoms with Crippen molar-refractivity contribution in [3.8, 4) is 23.0 Å². The largest absolute Gasteiger partial charge is 0.497 e. The van der Waals surface area contributed by atoms with Crippen LogP contribution in [0, 0.1) is 10.1 Å². The van der Waals surface area contributed by atoms with Crippen LogP contribution in [0.3, 0.4) is 0 Å². The third-order valence-corrected chi connectivity index (χ3v) is 4.36. The highest BCUT2D eigenvalue weighted by Crippen LogP contribution is 2.29. The first kappa shape index (κ1) is 24.9. The minimum atomic E-state index is -1.09. The number of hydrogen-bond donors (Lipinski definition) is 1. The molecule has 3 rings (SSSR count). The molecule has 0 heterocycles. The molecule has 3 aromatic rings. The molecule has 8 heteroatoms. The molecule has 0 amide bonds. The Morgan fingerprint density at radius 1 is 0.848 bits per heavy atom. The zero-order valence-corrected chi connectivity index (χ0v) is 18.8. The number of carboxylic acids is 1. The van der Waals surface area contributed by atoms with Crippen LogP contribution in [0.1, 0.15) is 25.0 Å². The van der Waals surface area contributed by atoms with Gasteiger partial charge in [-0.05, 0) is 53.6 Å². The lowest BCUT2D eigenvalue weighted by molar-refractivity contribution is -0.384. The number of ether oxygens (including phenoxy) is 3. The maximum atomic E-state index is 11.9. The number of rotatable bonds is 8. The molecule has 0 saturated heterocycles.